The van der Waals surface area contributed by atoms with E-state index in [1.54, 1.807) is 0 Å². The number of aliphatic carboxylic acids is 1. The van der Waals surface area contributed by atoms with Crippen molar-refractivity contribution in [2.24, 2.45) is 11.8 Å². The first kappa shape index (κ1) is 12.5. The van der Waals surface area contributed by atoms with E-state index in [9.17, 15) is 4.79 Å². The Hall–Kier alpha value is -0.570. The lowest BCUT2D eigenvalue weighted by Crippen LogP contribution is -2.57. The van der Waals surface area contributed by atoms with Crippen LogP contribution in [0, 0.1) is 11.8 Å². The van der Waals surface area contributed by atoms with Crippen LogP contribution in [-0.2, 0) is 4.79 Å². The summed E-state index contributed by atoms with van der Waals surface area (Å²) in [5.41, 5.74) is -0.100. The van der Waals surface area contributed by atoms with Crippen molar-refractivity contribution in [1.29, 1.82) is 0 Å². The SMILES string of the molecule is CCCNC1(CC(=O)O)CC(C(C)C)C1. The van der Waals surface area contributed by atoms with Gasteiger partial charge in [-0.1, -0.05) is 20.8 Å². The van der Waals surface area contributed by atoms with Crippen molar-refractivity contribution in [3.63, 3.8) is 0 Å². The molecule has 0 unspecified atom stereocenters. The van der Waals surface area contributed by atoms with Gasteiger partial charge in [0.1, 0.15) is 0 Å². The van der Waals surface area contributed by atoms with Crippen molar-refractivity contribution in [3.8, 4) is 0 Å². The molecule has 1 aliphatic rings. The minimum absolute atomic E-state index is 0.100. The summed E-state index contributed by atoms with van der Waals surface area (Å²) in [6, 6.07) is 0. The van der Waals surface area contributed by atoms with Crippen molar-refractivity contribution in [1.82, 2.24) is 5.32 Å². The molecule has 0 aromatic carbocycles. The first-order chi connectivity index (χ1) is 6.99. The second-order valence-corrected chi connectivity index (χ2v) is 5.19. The van der Waals surface area contributed by atoms with Gasteiger partial charge in [-0.25, -0.2) is 0 Å². The summed E-state index contributed by atoms with van der Waals surface area (Å²) in [4.78, 5) is 10.8. The molecule has 1 fully saturated rings. The number of carbonyl (C=O) groups is 1. The van der Waals surface area contributed by atoms with Crippen LogP contribution in [0.25, 0.3) is 0 Å². The maximum Gasteiger partial charge on any atom is 0.305 e. The van der Waals surface area contributed by atoms with Gasteiger partial charge >= 0.3 is 5.97 Å². The Kier molecular flexibility index (Phi) is 4.14. The van der Waals surface area contributed by atoms with Gasteiger partial charge in [0, 0.05) is 5.54 Å². The van der Waals surface area contributed by atoms with Gasteiger partial charge in [-0.05, 0) is 37.6 Å². The number of carboxylic acids is 1. The molecule has 0 aromatic heterocycles. The topological polar surface area (TPSA) is 49.3 Å². The third-order valence-electron chi connectivity index (χ3n) is 3.49. The Balaban J connectivity index is 2.47. The number of nitrogens with one attached hydrogen (secondary N) is 1. The summed E-state index contributed by atoms with van der Waals surface area (Å²) >= 11 is 0. The quantitative estimate of drug-likeness (QED) is 0.711. The number of carboxylic acid groups (broad SMARTS) is 1. The molecular formula is C12H23NO2. The van der Waals surface area contributed by atoms with E-state index in [0.717, 1.165) is 25.8 Å². The molecule has 0 heterocycles. The van der Waals surface area contributed by atoms with Crippen LogP contribution in [0.15, 0.2) is 0 Å². The monoisotopic (exact) mass is 213 g/mol. The van der Waals surface area contributed by atoms with Crippen LogP contribution in [0.1, 0.15) is 46.5 Å². The molecule has 1 rings (SSSR count). The normalized spacial score (nSPS) is 30.3. The fraction of sp³-hybridized carbons (Fsp3) is 0.917. The number of hydrogen-bond donors (Lipinski definition) is 2. The Morgan fingerprint density at radius 3 is 2.53 bits per heavy atom. The molecule has 0 spiro atoms. The van der Waals surface area contributed by atoms with E-state index in [-0.39, 0.29) is 12.0 Å². The van der Waals surface area contributed by atoms with Crippen LogP contribution >= 0.6 is 0 Å². The minimum Gasteiger partial charge on any atom is -0.481 e. The van der Waals surface area contributed by atoms with Crippen LogP contribution < -0.4 is 5.32 Å². The molecule has 1 aliphatic carbocycles. The summed E-state index contributed by atoms with van der Waals surface area (Å²) in [5, 5.41) is 12.3. The zero-order valence-corrected chi connectivity index (χ0v) is 10.0. The van der Waals surface area contributed by atoms with Gasteiger partial charge in [-0.3, -0.25) is 4.79 Å². The average Bonchev–Trinajstić information content (AvgIpc) is 2.07. The van der Waals surface area contributed by atoms with Crippen molar-refractivity contribution in [3.05, 3.63) is 0 Å². The second-order valence-electron chi connectivity index (χ2n) is 5.19. The lowest BCUT2D eigenvalue weighted by atomic mass is 9.62. The fourth-order valence-electron chi connectivity index (χ4n) is 2.45. The minimum atomic E-state index is -0.680. The summed E-state index contributed by atoms with van der Waals surface area (Å²) in [6.07, 6.45) is 3.39. The highest BCUT2D eigenvalue weighted by Gasteiger charge is 2.45. The second kappa shape index (κ2) is 4.97. The van der Waals surface area contributed by atoms with Crippen LogP contribution in [0.5, 0.6) is 0 Å². The highest BCUT2D eigenvalue weighted by molar-refractivity contribution is 5.68. The van der Waals surface area contributed by atoms with Crippen molar-refractivity contribution in [2.75, 3.05) is 6.54 Å². The summed E-state index contributed by atoms with van der Waals surface area (Å²) in [7, 11) is 0. The third kappa shape index (κ3) is 3.20. The lowest BCUT2D eigenvalue weighted by molar-refractivity contribution is -0.140. The molecule has 0 radical (unpaired) electrons. The van der Waals surface area contributed by atoms with E-state index >= 15 is 0 Å². The lowest BCUT2D eigenvalue weighted by Gasteiger charge is -2.49. The van der Waals surface area contributed by atoms with Crippen LogP contribution in [0.2, 0.25) is 0 Å². The molecule has 0 bridgehead atoms. The first-order valence-electron chi connectivity index (χ1n) is 5.96. The van der Waals surface area contributed by atoms with Crippen molar-refractivity contribution < 1.29 is 9.90 Å². The fourth-order valence-corrected chi connectivity index (χ4v) is 2.45. The molecular weight excluding hydrogens is 190 g/mol. The van der Waals surface area contributed by atoms with Gasteiger partial charge in [0.2, 0.25) is 0 Å². The molecule has 0 aliphatic heterocycles. The number of hydrogen-bond acceptors (Lipinski definition) is 2. The molecule has 0 aromatic rings. The molecule has 15 heavy (non-hydrogen) atoms. The molecule has 2 N–H and O–H groups in total. The zero-order valence-electron chi connectivity index (χ0n) is 10.0. The van der Waals surface area contributed by atoms with Crippen LogP contribution in [0.4, 0.5) is 0 Å². The Labute approximate surface area is 92.3 Å². The smallest absolute Gasteiger partial charge is 0.305 e. The Morgan fingerprint density at radius 1 is 1.53 bits per heavy atom. The van der Waals surface area contributed by atoms with Crippen molar-refractivity contribution in [2.45, 2.75) is 52.0 Å². The predicted molar refractivity (Wildman–Crippen MR) is 60.8 cm³/mol. The average molecular weight is 213 g/mol. The first-order valence-corrected chi connectivity index (χ1v) is 5.96. The summed E-state index contributed by atoms with van der Waals surface area (Å²) in [6.45, 7) is 7.47. The maximum absolute atomic E-state index is 10.8. The summed E-state index contributed by atoms with van der Waals surface area (Å²) in [5.74, 6) is 0.699. The molecule has 0 atom stereocenters. The molecule has 3 heteroatoms. The molecule has 0 amide bonds. The van der Waals surface area contributed by atoms with E-state index in [0.29, 0.717) is 11.8 Å². The zero-order chi connectivity index (χ0) is 11.5. The van der Waals surface area contributed by atoms with E-state index in [1.807, 2.05) is 0 Å². The van der Waals surface area contributed by atoms with Crippen molar-refractivity contribution >= 4 is 5.97 Å². The highest BCUT2D eigenvalue weighted by atomic mass is 16.4. The molecule has 88 valence electrons. The van der Waals surface area contributed by atoms with Crippen LogP contribution in [0.3, 0.4) is 0 Å². The van der Waals surface area contributed by atoms with Gasteiger partial charge in [0.25, 0.3) is 0 Å². The number of rotatable bonds is 6. The maximum atomic E-state index is 10.8. The van der Waals surface area contributed by atoms with E-state index in [2.05, 4.69) is 26.1 Å². The van der Waals surface area contributed by atoms with Gasteiger partial charge in [0.05, 0.1) is 6.42 Å². The predicted octanol–water partition coefficient (Wildman–Crippen LogP) is 2.27. The largest absolute Gasteiger partial charge is 0.481 e. The van der Waals surface area contributed by atoms with Gasteiger partial charge in [-0.15, -0.1) is 0 Å². The summed E-state index contributed by atoms with van der Waals surface area (Å²) < 4.78 is 0. The highest BCUT2D eigenvalue weighted by Crippen LogP contribution is 2.44. The Morgan fingerprint density at radius 2 is 2.13 bits per heavy atom. The third-order valence-corrected chi connectivity index (χ3v) is 3.49. The van der Waals surface area contributed by atoms with Crippen LogP contribution in [-0.4, -0.2) is 23.2 Å². The Bertz CT molecular complexity index is 220. The molecule has 3 nitrogen and oxygen atoms in total. The van der Waals surface area contributed by atoms with Gasteiger partial charge < -0.3 is 10.4 Å². The van der Waals surface area contributed by atoms with E-state index in [4.69, 9.17) is 5.11 Å². The molecule has 0 saturated heterocycles. The van der Waals surface area contributed by atoms with E-state index < -0.39 is 5.97 Å². The van der Waals surface area contributed by atoms with Gasteiger partial charge in [0.15, 0.2) is 0 Å². The molecule has 1 saturated carbocycles. The standard InChI is InChI=1S/C12H23NO2/c1-4-5-13-12(8-11(14)15)6-10(7-12)9(2)3/h9-10,13H,4-8H2,1-3H3,(H,14,15). The van der Waals surface area contributed by atoms with E-state index in [1.165, 1.54) is 0 Å². The van der Waals surface area contributed by atoms with Gasteiger partial charge in [-0.2, -0.15) is 0 Å².